The van der Waals surface area contributed by atoms with Gasteiger partial charge in [-0.1, -0.05) is 0 Å². The van der Waals surface area contributed by atoms with E-state index in [1.807, 2.05) is 0 Å². The summed E-state index contributed by atoms with van der Waals surface area (Å²) in [6.45, 7) is 2.61. The van der Waals surface area contributed by atoms with Crippen LogP contribution in [0.2, 0.25) is 0 Å². The van der Waals surface area contributed by atoms with Gasteiger partial charge in [-0.3, -0.25) is 4.90 Å². The van der Waals surface area contributed by atoms with Crippen molar-refractivity contribution in [2.75, 3.05) is 32.1 Å². The number of hydrogen-bond acceptors (Lipinski definition) is 6. The Hall–Kier alpha value is -2.54. The number of aromatic nitrogens is 2. The van der Waals surface area contributed by atoms with Gasteiger partial charge in [0.05, 0.1) is 24.9 Å². The first-order valence-corrected chi connectivity index (χ1v) is 13.6. The topological polar surface area (TPSA) is 124 Å². The molecule has 2 aliphatic heterocycles. The van der Waals surface area contributed by atoms with Crippen LogP contribution in [-0.4, -0.2) is 63.9 Å². The van der Waals surface area contributed by atoms with Crippen molar-refractivity contribution in [3.63, 3.8) is 0 Å². The van der Waals surface area contributed by atoms with Gasteiger partial charge in [0.2, 0.25) is 5.88 Å². The number of nitrogens with two attached hydrogens (primary N) is 1. The number of amides is 2. The highest BCUT2D eigenvalue weighted by atomic mass is 32.2. The van der Waals surface area contributed by atoms with Gasteiger partial charge in [-0.05, 0) is 60.8 Å². The fourth-order valence-corrected chi connectivity index (χ4v) is 6.74. The van der Waals surface area contributed by atoms with Gasteiger partial charge < -0.3 is 14.8 Å². The standard InChI is InChI=1S/C23H29FN6O4S/c1-33-14-10-29(11-14)13-9-30-22(34-12-13)19(8-26-30)35(25,32)28-23(31)27-21-17-6-2-4-15(17)20(24)16-5-3-7-18(16)21/h8,13-14H,2-7,9-12H2,1H3,(H3,25,27,28,31,32)/t13-,35?/m1/s1. The molecule has 1 saturated heterocycles. The molecule has 3 N–H and O–H groups in total. The highest BCUT2D eigenvalue weighted by Crippen LogP contribution is 2.41. The lowest BCUT2D eigenvalue weighted by Crippen LogP contribution is -2.59. The van der Waals surface area contributed by atoms with Crippen LogP contribution in [0.3, 0.4) is 0 Å². The molecule has 0 radical (unpaired) electrons. The van der Waals surface area contributed by atoms with E-state index in [9.17, 15) is 13.4 Å². The summed E-state index contributed by atoms with van der Waals surface area (Å²) in [6.07, 6.45) is 5.98. The molecular weight excluding hydrogens is 475 g/mol. The summed E-state index contributed by atoms with van der Waals surface area (Å²) in [4.78, 5) is 15.2. The molecule has 6 rings (SSSR count). The second-order valence-corrected chi connectivity index (χ2v) is 11.4. The van der Waals surface area contributed by atoms with Gasteiger partial charge in [-0.2, -0.15) is 5.10 Å². The number of anilines is 1. The number of ether oxygens (including phenoxy) is 2. The maximum atomic E-state index is 14.9. The van der Waals surface area contributed by atoms with Crippen LogP contribution in [0, 0.1) is 5.82 Å². The molecular formula is C23H29FN6O4S. The molecule has 0 saturated carbocycles. The van der Waals surface area contributed by atoms with Gasteiger partial charge >= 0.3 is 6.03 Å². The van der Waals surface area contributed by atoms with Crippen LogP contribution in [0.15, 0.2) is 15.5 Å². The van der Waals surface area contributed by atoms with Crippen LogP contribution in [0.25, 0.3) is 0 Å². The highest BCUT2D eigenvalue weighted by molar-refractivity contribution is 7.91. The average molecular weight is 505 g/mol. The second kappa shape index (κ2) is 8.54. The summed E-state index contributed by atoms with van der Waals surface area (Å²) in [7, 11) is -1.91. The molecule has 188 valence electrons. The molecule has 2 aromatic rings. The zero-order valence-corrected chi connectivity index (χ0v) is 20.4. The third-order valence-corrected chi connectivity index (χ3v) is 8.96. The summed E-state index contributed by atoms with van der Waals surface area (Å²) >= 11 is 0. The van der Waals surface area contributed by atoms with E-state index < -0.39 is 15.9 Å². The molecule has 4 aliphatic rings. The molecule has 1 aromatic carbocycles. The number of nitrogens with one attached hydrogen (secondary N) is 1. The molecule has 2 amide bonds. The predicted molar refractivity (Wildman–Crippen MR) is 126 cm³/mol. The lowest BCUT2D eigenvalue weighted by Gasteiger charge is -2.44. The largest absolute Gasteiger partial charge is 0.475 e. The van der Waals surface area contributed by atoms with Crippen molar-refractivity contribution in [3.8, 4) is 5.88 Å². The summed E-state index contributed by atoms with van der Waals surface area (Å²) < 4.78 is 44.9. The zero-order chi connectivity index (χ0) is 24.3. The summed E-state index contributed by atoms with van der Waals surface area (Å²) in [5.41, 5.74) is 3.64. The minimum atomic E-state index is -3.61. The number of likely N-dealkylation sites (tertiary alicyclic amines) is 1. The maximum Gasteiger partial charge on any atom is 0.354 e. The van der Waals surface area contributed by atoms with Crippen molar-refractivity contribution >= 4 is 21.6 Å². The number of rotatable bonds is 4. The lowest BCUT2D eigenvalue weighted by molar-refractivity contribution is -0.0687. The van der Waals surface area contributed by atoms with Gasteiger partial charge in [0, 0.05) is 25.9 Å². The zero-order valence-electron chi connectivity index (χ0n) is 19.6. The Labute approximate surface area is 203 Å². The molecule has 3 heterocycles. The van der Waals surface area contributed by atoms with E-state index in [4.69, 9.17) is 14.6 Å². The molecule has 0 bridgehead atoms. The fraction of sp³-hybridized carbons (Fsp3) is 0.565. The number of fused-ring (bicyclic) bond motifs is 3. The predicted octanol–water partition coefficient (Wildman–Crippen LogP) is 2.02. The number of urea groups is 1. The van der Waals surface area contributed by atoms with Crippen molar-refractivity contribution in [2.24, 2.45) is 9.50 Å². The number of carbonyl (C=O) groups excluding carboxylic acids is 1. The van der Waals surface area contributed by atoms with Gasteiger partial charge in [0.25, 0.3) is 0 Å². The lowest BCUT2D eigenvalue weighted by atomic mass is 9.98. The van der Waals surface area contributed by atoms with Gasteiger partial charge in [-0.15, -0.1) is 4.36 Å². The fourth-order valence-electron chi connectivity index (χ4n) is 5.74. The summed E-state index contributed by atoms with van der Waals surface area (Å²) in [6, 6.07) is -0.689. The first-order chi connectivity index (χ1) is 16.9. The van der Waals surface area contributed by atoms with Crippen molar-refractivity contribution in [1.29, 1.82) is 0 Å². The average Bonchev–Trinajstić information content (AvgIpc) is 3.55. The summed E-state index contributed by atoms with van der Waals surface area (Å²) in [5.74, 6) is 0.151. The van der Waals surface area contributed by atoms with Crippen LogP contribution < -0.4 is 15.2 Å². The van der Waals surface area contributed by atoms with Gasteiger partial charge in [0.1, 0.15) is 17.3 Å². The normalized spacial score (nSPS) is 23.0. The maximum absolute atomic E-state index is 14.9. The van der Waals surface area contributed by atoms with Crippen molar-refractivity contribution in [3.05, 3.63) is 34.3 Å². The first kappa shape index (κ1) is 22.9. The number of methoxy groups -OCH3 is 1. The molecule has 2 aliphatic carbocycles. The van der Waals surface area contributed by atoms with Crippen molar-refractivity contribution in [2.45, 2.75) is 62.1 Å². The Balaban J connectivity index is 1.24. The van der Waals surface area contributed by atoms with Gasteiger partial charge in [-0.25, -0.2) is 23.2 Å². The number of benzene rings is 1. The number of halogens is 1. The minimum absolute atomic E-state index is 0.0963. The Kier molecular flexibility index (Phi) is 5.59. The van der Waals surface area contributed by atoms with Crippen LogP contribution >= 0.6 is 0 Å². The van der Waals surface area contributed by atoms with E-state index >= 15 is 0 Å². The molecule has 1 unspecified atom stereocenters. The van der Waals surface area contributed by atoms with Crippen molar-refractivity contribution < 1.29 is 22.9 Å². The van der Waals surface area contributed by atoms with E-state index in [0.29, 0.717) is 55.6 Å². The quantitative estimate of drug-likeness (QED) is 0.657. The van der Waals surface area contributed by atoms with Crippen LogP contribution in [0.1, 0.15) is 35.1 Å². The SMILES string of the molecule is COC1CN([C@H]2COc3c(S(N)(=O)=NC(=O)Nc4c5c(c(F)c6c4CCC6)CCC5)cnn3C2)C1. The second-order valence-electron chi connectivity index (χ2n) is 9.67. The number of carbonyl (C=O) groups is 1. The molecule has 1 aromatic heterocycles. The van der Waals surface area contributed by atoms with E-state index in [1.165, 1.54) is 6.20 Å². The van der Waals surface area contributed by atoms with E-state index in [-0.39, 0.29) is 28.7 Å². The monoisotopic (exact) mass is 504 g/mol. The smallest absolute Gasteiger partial charge is 0.354 e. The Morgan fingerprint density at radius 2 is 1.86 bits per heavy atom. The van der Waals surface area contributed by atoms with E-state index in [2.05, 4.69) is 19.7 Å². The molecule has 12 heteroatoms. The summed E-state index contributed by atoms with van der Waals surface area (Å²) in [5, 5.41) is 13.1. The minimum Gasteiger partial charge on any atom is -0.475 e. The molecule has 2 atom stereocenters. The molecule has 1 fully saturated rings. The number of nitrogens with zero attached hydrogens (tertiary/aromatic N) is 4. The van der Waals surface area contributed by atoms with E-state index in [0.717, 1.165) is 37.1 Å². The third kappa shape index (κ3) is 3.83. The van der Waals surface area contributed by atoms with E-state index in [1.54, 1.807) is 11.8 Å². The Morgan fingerprint density at radius 1 is 1.20 bits per heavy atom. The molecule has 35 heavy (non-hydrogen) atoms. The van der Waals surface area contributed by atoms with Gasteiger partial charge in [0.15, 0.2) is 9.92 Å². The third-order valence-electron chi connectivity index (χ3n) is 7.62. The van der Waals surface area contributed by atoms with Crippen LogP contribution in [0.5, 0.6) is 5.88 Å². The van der Waals surface area contributed by atoms with Crippen LogP contribution in [0.4, 0.5) is 14.9 Å². The molecule has 10 nitrogen and oxygen atoms in total. The number of hydrogen-bond donors (Lipinski definition) is 2. The first-order valence-electron chi connectivity index (χ1n) is 12.0. The Bertz CT molecular complexity index is 1290. The molecule has 0 spiro atoms. The highest BCUT2D eigenvalue weighted by Gasteiger charge is 2.37. The Morgan fingerprint density at radius 3 is 2.51 bits per heavy atom. The van der Waals surface area contributed by atoms with Crippen LogP contribution in [-0.2, 0) is 46.9 Å². The van der Waals surface area contributed by atoms with Crippen molar-refractivity contribution in [1.82, 2.24) is 14.7 Å².